The third kappa shape index (κ3) is 2.80. The molecule has 2 amide bonds. The van der Waals surface area contributed by atoms with Crippen LogP contribution in [0.5, 0.6) is 5.75 Å². The molecular weight excluding hydrogens is 331 g/mol. The molecule has 22 heavy (non-hydrogen) atoms. The molecular formula is C14H14Cl2N2O4. The number of halogens is 2. The molecule has 3 saturated carbocycles. The standard InChI is InChI=1S/C14H14Cl2N2O4/c15-9-2-1-8(3-10(9)16)22-4-11(19)17-13-5-14(6-13,7-13)18-12(20)21/h1-3,18H,4-7H2,(H,17,19)(H,20,21). The lowest BCUT2D eigenvalue weighted by molar-refractivity contribution is -0.141. The van der Waals surface area contributed by atoms with E-state index in [1.807, 2.05) is 0 Å². The molecule has 2 bridgehead atoms. The third-order valence-electron chi connectivity index (χ3n) is 4.07. The van der Waals surface area contributed by atoms with Crippen LogP contribution in [0.3, 0.4) is 0 Å². The molecule has 0 spiro atoms. The Morgan fingerprint density at radius 3 is 2.36 bits per heavy atom. The number of hydrogen-bond donors (Lipinski definition) is 3. The van der Waals surface area contributed by atoms with Gasteiger partial charge in [0.25, 0.3) is 5.91 Å². The average Bonchev–Trinajstić information content (AvgIpc) is 2.36. The second-order valence-electron chi connectivity index (χ2n) is 5.93. The summed E-state index contributed by atoms with van der Waals surface area (Å²) in [6, 6.07) is 4.78. The van der Waals surface area contributed by atoms with Crippen LogP contribution in [-0.4, -0.2) is 34.8 Å². The maximum Gasteiger partial charge on any atom is 0.405 e. The summed E-state index contributed by atoms with van der Waals surface area (Å²) in [5.41, 5.74) is -0.621. The summed E-state index contributed by atoms with van der Waals surface area (Å²) in [7, 11) is 0. The molecule has 3 N–H and O–H groups in total. The van der Waals surface area contributed by atoms with E-state index >= 15 is 0 Å². The zero-order valence-electron chi connectivity index (χ0n) is 11.5. The molecule has 0 atom stereocenters. The number of amides is 2. The van der Waals surface area contributed by atoms with E-state index in [2.05, 4.69) is 10.6 Å². The number of carboxylic acid groups (broad SMARTS) is 1. The van der Waals surface area contributed by atoms with Crippen molar-refractivity contribution in [3.8, 4) is 5.75 Å². The van der Waals surface area contributed by atoms with Gasteiger partial charge >= 0.3 is 6.09 Å². The Hall–Kier alpha value is -1.66. The van der Waals surface area contributed by atoms with Gasteiger partial charge in [0.2, 0.25) is 0 Å². The summed E-state index contributed by atoms with van der Waals surface area (Å²) >= 11 is 11.7. The van der Waals surface area contributed by atoms with Crippen molar-refractivity contribution in [2.75, 3.05) is 6.61 Å². The number of ether oxygens (including phenoxy) is 1. The molecule has 118 valence electrons. The lowest BCUT2D eigenvalue weighted by Gasteiger charge is -2.69. The minimum absolute atomic E-state index is 0.126. The van der Waals surface area contributed by atoms with E-state index in [9.17, 15) is 9.59 Å². The molecule has 1 aromatic rings. The number of carbonyl (C=O) groups excluding carboxylic acids is 1. The minimum Gasteiger partial charge on any atom is -0.484 e. The van der Waals surface area contributed by atoms with Gasteiger partial charge in [-0.1, -0.05) is 23.2 Å². The van der Waals surface area contributed by atoms with E-state index in [0.717, 1.165) is 0 Å². The molecule has 0 radical (unpaired) electrons. The minimum atomic E-state index is -1.03. The van der Waals surface area contributed by atoms with Crippen LogP contribution in [0.4, 0.5) is 4.79 Å². The van der Waals surface area contributed by atoms with Crippen LogP contribution in [0.2, 0.25) is 10.0 Å². The fourth-order valence-electron chi connectivity index (χ4n) is 3.33. The number of nitrogens with one attached hydrogen (secondary N) is 2. The molecule has 8 heteroatoms. The van der Waals surface area contributed by atoms with Gasteiger partial charge in [-0.2, -0.15) is 0 Å². The van der Waals surface area contributed by atoms with Crippen molar-refractivity contribution in [3.63, 3.8) is 0 Å². The molecule has 0 aromatic heterocycles. The van der Waals surface area contributed by atoms with Crippen LogP contribution >= 0.6 is 23.2 Å². The summed E-state index contributed by atoms with van der Waals surface area (Å²) in [5, 5.41) is 14.9. The highest BCUT2D eigenvalue weighted by molar-refractivity contribution is 6.42. The first kappa shape index (κ1) is 15.2. The van der Waals surface area contributed by atoms with E-state index < -0.39 is 6.09 Å². The maximum atomic E-state index is 11.9. The zero-order valence-corrected chi connectivity index (χ0v) is 13.0. The smallest absolute Gasteiger partial charge is 0.405 e. The molecule has 3 aliphatic carbocycles. The second-order valence-corrected chi connectivity index (χ2v) is 6.75. The highest BCUT2D eigenvalue weighted by Gasteiger charge is 2.69. The molecule has 3 aliphatic rings. The van der Waals surface area contributed by atoms with E-state index in [4.69, 9.17) is 33.0 Å². The van der Waals surface area contributed by atoms with Gasteiger partial charge in [-0.25, -0.2) is 4.79 Å². The maximum absolute atomic E-state index is 11.9. The molecule has 0 heterocycles. The Labute approximate surface area is 136 Å². The van der Waals surface area contributed by atoms with Crippen molar-refractivity contribution in [2.45, 2.75) is 30.3 Å². The fourth-order valence-corrected chi connectivity index (χ4v) is 3.62. The Morgan fingerprint density at radius 1 is 1.14 bits per heavy atom. The normalized spacial score (nSPS) is 28.1. The summed E-state index contributed by atoms with van der Waals surface area (Å²) < 4.78 is 5.36. The lowest BCUT2D eigenvalue weighted by Crippen LogP contribution is -2.83. The number of rotatable bonds is 5. The third-order valence-corrected chi connectivity index (χ3v) is 4.81. The molecule has 4 rings (SSSR count). The van der Waals surface area contributed by atoms with Gasteiger partial charge in [-0.05, 0) is 31.4 Å². The van der Waals surface area contributed by atoms with Gasteiger partial charge < -0.3 is 20.5 Å². The summed E-state index contributed by atoms with van der Waals surface area (Å²) in [5.74, 6) is 0.223. The van der Waals surface area contributed by atoms with Crippen molar-refractivity contribution < 1.29 is 19.4 Å². The Bertz CT molecular complexity index is 630. The van der Waals surface area contributed by atoms with Gasteiger partial charge in [0, 0.05) is 11.6 Å². The van der Waals surface area contributed by atoms with E-state index in [1.54, 1.807) is 18.2 Å². The van der Waals surface area contributed by atoms with Crippen LogP contribution in [-0.2, 0) is 4.79 Å². The molecule has 0 unspecified atom stereocenters. The number of carbonyl (C=O) groups is 2. The SMILES string of the molecule is O=C(O)NC12CC(NC(=O)COc3ccc(Cl)c(Cl)c3)(C1)C2. The van der Waals surface area contributed by atoms with Crippen LogP contribution in [0.15, 0.2) is 18.2 Å². The predicted molar refractivity (Wildman–Crippen MR) is 80.6 cm³/mol. The highest BCUT2D eigenvalue weighted by Crippen LogP contribution is 2.60. The van der Waals surface area contributed by atoms with Crippen LogP contribution in [0.1, 0.15) is 19.3 Å². The quantitative estimate of drug-likeness (QED) is 0.765. The first-order valence-electron chi connectivity index (χ1n) is 6.72. The molecule has 1 aromatic carbocycles. The molecule has 3 fully saturated rings. The van der Waals surface area contributed by atoms with Crippen LogP contribution in [0.25, 0.3) is 0 Å². The van der Waals surface area contributed by atoms with E-state index in [-0.39, 0.29) is 23.6 Å². The molecule has 0 saturated heterocycles. The van der Waals surface area contributed by atoms with Gasteiger partial charge in [-0.15, -0.1) is 0 Å². The van der Waals surface area contributed by atoms with Gasteiger partial charge in [0.15, 0.2) is 6.61 Å². The highest BCUT2D eigenvalue weighted by atomic mass is 35.5. The fraction of sp³-hybridized carbons (Fsp3) is 0.429. The van der Waals surface area contributed by atoms with E-state index in [0.29, 0.717) is 35.1 Å². The van der Waals surface area contributed by atoms with Crippen LogP contribution in [0, 0.1) is 0 Å². The topological polar surface area (TPSA) is 87.7 Å². The Morgan fingerprint density at radius 2 is 1.77 bits per heavy atom. The number of benzene rings is 1. The van der Waals surface area contributed by atoms with Crippen LogP contribution < -0.4 is 15.4 Å². The van der Waals surface area contributed by atoms with Gasteiger partial charge in [0.05, 0.1) is 15.6 Å². The summed E-state index contributed by atoms with van der Waals surface area (Å²) in [6.45, 7) is -0.126. The average molecular weight is 345 g/mol. The van der Waals surface area contributed by atoms with Gasteiger partial charge in [-0.3, -0.25) is 4.79 Å². The number of hydrogen-bond acceptors (Lipinski definition) is 3. The van der Waals surface area contributed by atoms with E-state index in [1.165, 1.54) is 0 Å². The Kier molecular flexibility index (Phi) is 3.61. The molecule has 6 nitrogen and oxygen atoms in total. The first-order chi connectivity index (χ1) is 10.3. The van der Waals surface area contributed by atoms with Crippen molar-refractivity contribution in [2.24, 2.45) is 0 Å². The first-order valence-corrected chi connectivity index (χ1v) is 7.47. The van der Waals surface area contributed by atoms with Crippen molar-refractivity contribution >= 4 is 35.2 Å². The zero-order chi connectivity index (χ0) is 16.0. The van der Waals surface area contributed by atoms with Gasteiger partial charge in [0.1, 0.15) is 5.75 Å². The van der Waals surface area contributed by atoms with Crippen molar-refractivity contribution in [3.05, 3.63) is 28.2 Å². The Balaban J connectivity index is 1.45. The largest absolute Gasteiger partial charge is 0.484 e. The predicted octanol–water partition coefficient (Wildman–Crippen LogP) is 2.43. The lowest BCUT2D eigenvalue weighted by atomic mass is 9.44. The van der Waals surface area contributed by atoms with Crippen molar-refractivity contribution in [1.82, 2.24) is 10.6 Å². The summed E-state index contributed by atoms with van der Waals surface area (Å²) in [6.07, 6.45) is 0.864. The monoisotopic (exact) mass is 344 g/mol. The second kappa shape index (κ2) is 5.21. The van der Waals surface area contributed by atoms with Crippen molar-refractivity contribution in [1.29, 1.82) is 0 Å². The summed E-state index contributed by atoms with van der Waals surface area (Å²) in [4.78, 5) is 22.5. The molecule has 0 aliphatic heterocycles.